The highest BCUT2D eigenvalue weighted by molar-refractivity contribution is 6.35. The van der Waals surface area contributed by atoms with Crippen molar-refractivity contribution in [2.45, 2.75) is 59.0 Å². The van der Waals surface area contributed by atoms with Crippen LogP contribution in [0.4, 0.5) is 0 Å². The summed E-state index contributed by atoms with van der Waals surface area (Å²) in [6.07, 6.45) is 2.55. The van der Waals surface area contributed by atoms with Crippen molar-refractivity contribution in [2.75, 3.05) is 6.54 Å². The summed E-state index contributed by atoms with van der Waals surface area (Å²) >= 11 is 12.3. The van der Waals surface area contributed by atoms with Gasteiger partial charge in [-0.05, 0) is 48.6 Å². The Balaban J connectivity index is 2.29. The summed E-state index contributed by atoms with van der Waals surface area (Å²) < 4.78 is 0. The van der Waals surface area contributed by atoms with Gasteiger partial charge in [0, 0.05) is 23.1 Å². The van der Waals surface area contributed by atoms with Crippen molar-refractivity contribution in [3.05, 3.63) is 69.2 Å². The fourth-order valence-electron chi connectivity index (χ4n) is 3.33. The number of hydrogen-bond acceptors (Lipinski definition) is 2. The van der Waals surface area contributed by atoms with Crippen LogP contribution >= 0.6 is 23.2 Å². The van der Waals surface area contributed by atoms with Crippen LogP contribution in [-0.4, -0.2) is 29.3 Å². The summed E-state index contributed by atoms with van der Waals surface area (Å²) in [7, 11) is 0. The molecule has 0 bridgehead atoms. The summed E-state index contributed by atoms with van der Waals surface area (Å²) in [6, 6.07) is 12.5. The number of carbonyl (C=O) groups excluding carboxylic acids is 2. The van der Waals surface area contributed by atoms with Gasteiger partial charge in [-0.15, -0.1) is 0 Å². The van der Waals surface area contributed by atoms with E-state index in [1.54, 1.807) is 23.1 Å². The molecule has 0 aliphatic heterocycles. The molecule has 0 aromatic heterocycles. The Morgan fingerprint density at radius 1 is 1.07 bits per heavy atom. The van der Waals surface area contributed by atoms with Crippen LogP contribution < -0.4 is 5.32 Å². The average Bonchev–Trinajstić information content (AvgIpc) is 2.71. The standard InChI is InChI=1S/C24H30Cl2N2O2/c1-4-6-13-27-24(30)22(5-2)28(16-19-10-8-7-9-17(19)3)23(29)14-18-11-12-20(25)15-21(18)26/h7-12,15,22H,4-6,13-14,16H2,1-3H3,(H,27,30). The molecule has 1 N–H and O–H groups in total. The van der Waals surface area contributed by atoms with Crippen LogP contribution in [0.3, 0.4) is 0 Å². The maximum atomic E-state index is 13.4. The Morgan fingerprint density at radius 2 is 1.80 bits per heavy atom. The second kappa shape index (κ2) is 12.0. The molecule has 6 heteroatoms. The molecular formula is C24H30Cl2N2O2. The second-order valence-electron chi connectivity index (χ2n) is 7.43. The molecule has 0 saturated carbocycles. The number of carbonyl (C=O) groups is 2. The van der Waals surface area contributed by atoms with Gasteiger partial charge in [0.25, 0.3) is 0 Å². The lowest BCUT2D eigenvalue weighted by Gasteiger charge is -2.31. The van der Waals surface area contributed by atoms with E-state index in [0.29, 0.717) is 35.1 Å². The van der Waals surface area contributed by atoms with Gasteiger partial charge < -0.3 is 10.2 Å². The van der Waals surface area contributed by atoms with Crippen LogP contribution in [-0.2, 0) is 22.6 Å². The topological polar surface area (TPSA) is 49.4 Å². The van der Waals surface area contributed by atoms with E-state index in [9.17, 15) is 9.59 Å². The molecule has 0 aliphatic rings. The molecule has 162 valence electrons. The lowest BCUT2D eigenvalue weighted by Crippen LogP contribution is -2.49. The third-order valence-corrected chi connectivity index (χ3v) is 5.76. The molecule has 0 spiro atoms. The molecule has 0 fully saturated rings. The van der Waals surface area contributed by atoms with Gasteiger partial charge in [-0.3, -0.25) is 9.59 Å². The van der Waals surface area contributed by atoms with Crippen LogP contribution in [0.1, 0.15) is 49.8 Å². The van der Waals surface area contributed by atoms with Crippen molar-refractivity contribution in [2.24, 2.45) is 0 Å². The molecule has 1 atom stereocenters. The Kier molecular flexibility index (Phi) is 9.67. The maximum Gasteiger partial charge on any atom is 0.242 e. The number of nitrogens with zero attached hydrogens (tertiary/aromatic N) is 1. The summed E-state index contributed by atoms with van der Waals surface area (Å²) in [5, 5.41) is 3.95. The van der Waals surface area contributed by atoms with Crippen molar-refractivity contribution in [3.63, 3.8) is 0 Å². The first kappa shape index (κ1) is 24.2. The molecule has 30 heavy (non-hydrogen) atoms. The molecule has 0 aliphatic carbocycles. The van der Waals surface area contributed by atoms with E-state index >= 15 is 0 Å². The van der Waals surface area contributed by atoms with Crippen molar-refractivity contribution in [3.8, 4) is 0 Å². The number of halogens is 2. The minimum atomic E-state index is -0.542. The highest BCUT2D eigenvalue weighted by Crippen LogP contribution is 2.23. The fraction of sp³-hybridized carbons (Fsp3) is 0.417. The van der Waals surface area contributed by atoms with Crippen molar-refractivity contribution >= 4 is 35.0 Å². The first-order valence-electron chi connectivity index (χ1n) is 10.4. The summed E-state index contributed by atoms with van der Waals surface area (Å²) in [5.74, 6) is -0.255. The quantitative estimate of drug-likeness (QED) is 0.483. The molecule has 4 nitrogen and oxygen atoms in total. The zero-order valence-electron chi connectivity index (χ0n) is 17.9. The predicted molar refractivity (Wildman–Crippen MR) is 124 cm³/mol. The largest absolute Gasteiger partial charge is 0.354 e. The number of aryl methyl sites for hydroxylation is 1. The van der Waals surface area contributed by atoms with E-state index < -0.39 is 6.04 Å². The summed E-state index contributed by atoms with van der Waals surface area (Å²) in [4.78, 5) is 27.9. The number of nitrogens with one attached hydrogen (secondary N) is 1. The van der Waals surface area contributed by atoms with Gasteiger partial charge in [-0.2, -0.15) is 0 Å². The number of benzene rings is 2. The number of rotatable bonds is 10. The third kappa shape index (κ3) is 6.75. The van der Waals surface area contributed by atoms with E-state index in [0.717, 1.165) is 24.0 Å². The van der Waals surface area contributed by atoms with Crippen molar-refractivity contribution < 1.29 is 9.59 Å². The molecular weight excluding hydrogens is 419 g/mol. The smallest absolute Gasteiger partial charge is 0.242 e. The van der Waals surface area contributed by atoms with Crippen LogP contribution in [0, 0.1) is 6.92 Å². The van der Waals surface area contributed by atoms with Gasteiger partial charge in [-0.25, -0.2) is 0 Å². The SMILES string of the molecule is CCCCNC(=O)C(CC)N(Cc1ccccc1C)C(=O)Cc1ccc(Cl)cc1Cl. The van der Waals surface area contributed by atoms with Gasteiger partial charge in [0.2, 0.25) is 11.8 Å². The molecule has 2 rings (SSSR count). The zero-order chi connectivity index (χ0) is 22.1. The molecule has 0 radical (unpaired) electrons. The average molecular weight is 449 g/mol. The van der Waals surface area contributed by atoms with Crippen molar-refractivity contribution in [1.29, 1.82) is 0 Å². The zero-order valence-corrected chi connectivity index (χ0v) is 19.4. The third-order valence-electron chi connectivity index (χ3n) is 5.17. The normalized spacial score (nSPS) is 11.8. The lowest BCUT2D eigenvalue weighted by atomic mass is 10.0. The minimum Gasteiger partial charge on any atom is -0.354 e. The van der Waals surface area contributed by atoms with Gasteiger partial charge in [-0.1, -0.05) is 73.8 Å². The molecule has 2 amide bonds. The Morgan fingerprint density at radius 3 is 2.43 bits per heavy atom. The van der Waals surface area contributed by atoms with Crippen molar-refractivity contribution in [1.82, 2.24) is 10.2 Å². The number of hydrogen-bond donors (Lipinski definition) is 1. The molecule has 2 aromatic carbocycles. The Hall–Kier alpha value is -2.04. The van der Waals surface area contributed by atoms with Gasteiger partial charge in [0.05, 0.1) is 6.42 Å². The number of unbranched alkanes of at least 4 members (excludes halogenated alkanes) is 1. The van der Waals surface area contributed by atoms with Gasteiger partial charge in [0.15, 0.2) is 0 Å². The van der Waals surface area contributed by atoms with Gasteiger partial charge >= 0.3 is 0 Å². The Bertz CT molecular complexity index is 870. The minimum absolute atomic E-state index is 0.112. The van der Waals surface area contributed by atoms with Crippen LogP contribution in [0.2, 0.25) is 10.0 Å². The molecule has 0 saturated heterocycles. The maximum absolute atomic E-state index is 13.4. The molecule has 1 unspecified atom stereocenters. The summed E-state index contributed by atoms with van der Waals surface area (Å²) in [5.41, 5.74) is 2.80. The monoisotopic (exact) mass is 448 g/mol. The van der Waals surface area contributed by atoms with E-state index in [2.05, 4.69) is 12.2 Å². The number of amides is 2. The predicted octanol–water partition coefficient (Wildman–Crippen LogP) is 5.57. The van der Waals surface area contributed by atoms with Crippen LogP contribution in [0.25, 0.3) is 0 Å². The van der Waals surface area contributed by atoms with E-state index in [1.807, 2.05) is 38.1 Å². The Labute approximate surface area is 189 Å². The molecule has 2 aromatic rings. The van der Waals surface area contributed by atoms with Crippen LogP contribution in [0.5, 0.6) is 0 Å². The highest BCUT2D eigenvalue weighted by Gasteiger charge is 2.29. The summed E-state index contributed by atoms with van der Waals surface area (Å²) in [6.45, 7) is 7.00. The fourth-order valence-corrected chi connectivity index (χ4v) is 3.80. The van der Waals surface area contributed by atoms with Gasteiger partial charge in [0.1, 0.15) is 6.04 Å². The van der Waals surface area contributed by atoms with E-state index in [4.69, 9.17) is 23.2 Å². The van der Waals surface area contributed by atoms with E-state index in [1.165, 1.54) is 0 Å². The first-order valence-corrected chi connectivity index (χ1v) is 11.2. The molecule has 0 heterocycles. The second-order valence-corrected chi connectivity index (χ2v) is 8.27. The van der Waals surface area contributed by atoms with Crippen LogP contribution in [0.15, 0.2) is 42.5 Å². The lowest BCUT2D eigenvalue weighted by molar-refractivity contribution is -0.140. The van der Waals surface area contributed by atoms with E-state index in [-0.39, 0.29) is 18.2 Å². The first-order chi connectivity index (χ1) is 14.4. The highest BCUT2D eigenvalue weighted by atomic mass is 35.5.